The third-order valence-corrected chi connectivity index (χ3v) is 4.19. The third-order valence-electron chi connectivity index (χ3n) is 3.24. The lowest BCUT2D eigenvalue weighted by Gasteiger charge is -2.25. The highest BCUT2D eigenvalue weighted by Gasteiger charge is 2.22. The molecule has 1 atom stereocenters. The van der Waals surface area contributed by atoms with E-state index < -0.39 is 0 Å². The molecule has 1 aliphatic carbocycles. The molecule has 0 spiro atoms. The Labute approximate surface area is 106 Å². The van der Waals surface area contributed by atoms with Gasteiger partial charge in [-0.3, -0.25) is 0 Å². The van der Waals surface area contributed by atoms with Crippen LogP contribution in [0.3, 0.4) is 0 Å². The quantitative estimate of drug-likeness (QED) is 0.773. The van der Waals surface area contributed by atoms with Gasteiger partial charge in [-0.05, 0) is 26.7 Å². The van der Waals surface area contributed by atoms with Crippen molar-refractivity contribution in [2.24, 2.45) is 0 Å². The molecule has 1 aromatic rings. The van der Waals surface area contributed by atoms with E-state index in [-0.39, 0.29) is 5.25 Å². The summed E-state index contributed by atoms with van der Waals surface area (Å²) in [6, 6.07) is 2.77. The average Bonchev–Trinajstić information content (AvgIpc) is 2.71. The second kappa shape index (κ2) is 5.54. The summed E-state index contributed by atoms with van der Waals surface area (Å²) in [5, 5.41) is 18.1. The molecule has 0 aromatic carbocycles. The Morgan fingerprint density at radius 3 is 2.71 bits per heavy atom. The number of rotatable bonds is 3. The van der Waals surface area contributed by atoms with Gasteiger partial charge in [0.1, 0.15) is 5.82 Å². The Morgan fingerprint density at radius 1 is 1.35 bits per heavy atom. The van der Waals surface area contributed by atoms with E-state index in [1.54, 1.807) is 0 Å². The molecule has 1 saturated carbocycles. The molecule has 1 fully saturated rings. The molecule has 0 aliphatic heterocycles. The molecular formula is C12H18N4S. The zero-order valence-electron chi connectivity index (χ0n) is 10.4. The van der Waals surface area contributed by atoms with Crippen molar-refractivity contribution in [3.05, 3.63) is 5.82 Å². The maximum atomic E-state index is 8.88. The topological polar surface area (TPSA) is 54.5 Å². The van der Waals surface area contributed by atoms with Gasteiger partial charge in [0.05, 0.1) is 11.3 Å². The first kappa shape index (κ1) is 12.4. The smallest absolute Gasteiger partial charge is 0.192 e. The third kappa shape index (κ3) is 2.81. The summed E-state index contributed by atoms with van der Waals surface area (Å²) in [6.07, 6.45) is 6.36. The molecule has 0 bridgehead atoms. The summed E-state index contributed by atoms with van der Waals surface area (Å²) in [4.78, 5) is 0. The molecule has 2 rings (SSSR count). The van der Waals surface area contributed by atoms with Crippen LogP contribution in [0.1, 0.15) is 50.9 Å². The van der Waals surface area contributed by atoms with Crippen LogP contribution >= 0.6 is 11.8 Å². The van der Waals surface area contributed by atoms with E-state index >= 15 is 0 Å². The summed E-state index contributed by atoms with van der Waals surface area (Å²) in [5.41, 5.74) is 0. The van der Waals surface area contributed by atoms with E-state index in [2.05, 4.69) is 20.8 Å². The highest BCUT2D eigenvalue weighted by Crippen LogP contribution is 2.33. The van der Waals surface area contributed by atoms with E-state index in [0.29, 0.717) is 6.04 Å². The molecule has 17 heavy (non-hydrogen) atoms. The number of nitriles is 1. The molecule has 4 nitrogen and oxygen atoms in total. The fourth-order valence-electron chi connectivity index (χ4n) is 2.37. The van der Waals surface area contributed by atoms with Gasteiger partial charge < -0.3 is 4.57 Å². The minimum atomic E-state index is -0.0686. The van der Waals surface area contributed by atoms with Crippen LogP contribution in [0.25, 0.3) is 0 Å². The van der Waals surface area contributed by atoms with Gasteiger partial charge in [-0.1, -0.05) is 31.0 Å². The average molecular weight is 250 g/mol. The predicted octanol–water partition coefficient (Wildman–Crippen LogP) is 3.10. The van der Waals surface area contributed by atoms with Crippen molar-refractivity contribution in [2.75, 3.05) is 0 Å². The van der Waals surface area contributed by atoms with Crippen molar-refractivity contribution in [3.8, 4) is 6.07 Å². The first-order valence-electron chi connectivity index (χ1n) is 6.20. The van der Waals surface area contributed by atoms with E-state index in [9.17, 15) is 0 Å². The highest BCUT2D eigenvalue weighted by molar-refractivity contribution is 8.00. The number of aryl methyl sites for hydroxylation is 1. The van der Waals surface area contributed by atoms with Crippen molar-refractivity contribution in [3.63, 3.8) is 0 Å². The number of nitrogens with zero attached hydrogens (tertiary/aromatic N) is 4. The van der Waals surface area contributed by atoms with Gasteiger partial charge in [-0.25, -0.2) is 0 Å². The van der Waals surface area contributed by atoms with Crippen molar-refractivity contribution < 1.29 is 0 Å². The van der Waals surface area contributed by atoms with Crippen LogP contribution in [0.5, 0.6) is 0 Å². The Morgan fingerprint density at radius 2 is 2.06 bits per heavy atom. The summed E-state index contributed by atoms with van der Waals surface area (Å²) in [7, 11) is 0. The first-order chi connectivity index (χ1) is 8.22. The number of thioether (sulfide) groups is 1. The molecule has 1 aromatic heterocycles. The van der Waals surface area contributed by atoms with Crippen molar-refractivity contribution in [1.82, 2.24) is 14.8 Å². The Hall–Kier alpha value is -1.02. The largest absolute Gasteiger partial charge is 0.303 e. The SMILES string of the molecule is Cc1nnc(S[C@@H](C)C#N)n1C1CCCCC1. The zero-order valence-corrected chi connectivity index (χ0v) is 11.2. The van der Waals surface area contributed by atoms with E-state index in [1.165, 1.54) is 43.9 Å². The van der Waals surface area contributed by atoms with Crippen LogP contribution in [0.4, 0.5) is 0 Å². The molecule has 0 N–H and O–H groups in total. The van der Waals surface area contributed by atoms with E-state index in [1.807, 2.05) is 13.8 Å². The Balaban J connectivity index is 2.19. The lowest BCUT2D eigenvalue weighted by atomic mass is 9.95. The Kier molecular flexibility index (Phi) is 4.06. The van der Waals surface area contributed by atoms with Gasteiger partial charge in [-0.15, -0.1) is 10.2 Å². The summed E-state index contributed by atoms with van der Waals surface area (Å²) < 4.78 is 2.23. The number of aromatic nitrogens is 3. The summed E-state index contributed by atoms with van der Waals surface area (Å²) in [6.45, 7) is 3.91. The fraction of sp³-hybridized carbons (Fsp3) is 0.750. The van der Waals surface area contributed by atoms with Crippen molar-refractivity contribution in [2.45, 2.75) is 62.4 Å². The van der Waals surface area contributed by atoms with Gasteiger partial charge in [-0.2, -0.15) is 5.26 Å². The van der Waals surface area contributed by atoms with E-state index in [4.69, 9.17) is 5.26 Å². The van der Waals surface area contributed by atoms with Gasteiger partial charge in [0, 0.05) is 6.04 Å². The van der Waals surface area contributed by atoms with E-state index in [0.717, 1.165) is 11.0 Å². The van der Waals surface area contributed by atoms with Gasteiger partial charge in [0.2, 0.25) is 0 Å². The second-order valence-electron chi connectivity index (χ2n) is 4.58. The number of hydrogen-bond donors (Lipinski definition) is 0. The maximum absolute atomic E-state index is 8.88. The van der Waals surface area contributed by atoms with Crippen LogP contribution in [-0.2, 0) is 0 Å². The zero-order chi connectivity index (χ0) is 12.3. The number of hydrogen-bond acceptors (Lipinski definition) is 4. The maximum Gasteiger partial charge on any atom is 0.192 e. The predicted molar refractivity (Wildman–Crippen MR) is 67.8 cm³/mol. The summed E-state index contributed by atoms with van der Waals surface area (Å²) in [5.74, 6) is 0.976. The molecule has 0 amide bonds. The molecule has 1 aliphatic rings. The molecule has 1 heterocycles. The monoisotopic (exact) mass is 250 g/mol. The van der Waals surface area contributed by atoms with Crippen molar-refractivity contribution >= 4 is 11.8 Å². The highest BCUT2D eigenvalue weighted by atomic mass is 32.2. The molecule has 5 heteroatoms. The minimum absolute atomic E-state index is 0.0686. The lowest BCUT2D eigenvalue weighted by Crippen LogP contribution is -2.15. The van der Waals surface area contributed by atoms with Crippen LogP contribution in [-0.4, -0.2) is 20.0 Å². The fourth-order valence-corrected chi connectivity index (χ4v) is 3.23. The van der Waals surface area contributed by atoms with Crippen molar-refractivity contribution in [1.29, 1.82) is 5.26 Å². The molecule has 0 radical (unpaired) electrons. The lowest BCUT2D eigenvalue weighted by molar-refractivity contribution is 0.332. The molecule has 92 valence electrons. The second-order valence-corrected chi connectivity index (χ2v) is 5.89. The standard InChI is InChI=1S/C12H18N4S/c1-9(8-13)17-12-15-14-10(2)16(12)11-6-4-3-5-7-11/h9,11H,3-7H2,1-2H3/t9-/m0/s1. The normalized spacial score (nSPS) is 18.9. The molecule has 0 unspecified atom stereocenters. The molecular weight excluding hydrogens is 232 g/mol. The van der Waals surface area contributed by atoms with Gasteiger partial charge >= 0.3 is 0 Å². The van der Waals surface area contributed by atoms with Gasteiger partial charge in [0.25, 0.3) is 0 Å². The molecule has 0 saturated heterocycles. The van der Waals surface area contributed by atoms with Crippen LogP contribution < -0.4 is 0 Å². The van der Waals surface area contributed by atoms with Crippen LogP contribution in [0.2, 0.25) is 0 Å². The first-order valence-corrected chi connectivity index (χ1v) is 7.08. The van der Waals surface area contributed by atoms with Crippen LogP contribution in [0, 0.1) is 18.3 Å². The summed E-state index contributed by atoms with van der Waals surface area (Å²) >= 11 is 1.51. The Bertz CT molecular complexity index is 415. The minimum Gasteiger partial charge on any atom is -0.303 e. The van der Waals surface area contributed by atoms with Gasteiger partial charge in [0.15, 0.2) is 5.16 Å². The van der Waals surface area contributed by atoms with Crippen LogP contribution in [0.15, 0.2) is 5.16 Å².